The summed E-state index contributed by atoms with van der Waals surface area (Å²) in [6.07, 6.45) is 0. The van der Waals surface area contributed by atoms with Crippen LogP contribution in [0.4, 0.5) is 0 Å². The van der Waals surface area contributed by atoms with Gasteiger partial charge >= 0.3 is 0 Å². The smallest absolute Gasteiger partial charge is 0.267 e. The predicted molar refractivity (Wildman–Crippen MR) is 84.5 cm³/mol. The molecule has 0 N–H and O–H groups in total. The Morgan fingerprint density at radius 1 is 1.30 bits per heavy atom. The molecule has 9 heteroatoms. The zero-order chi connectivity index (χ0) is 16.6. The maximum absolute atomic E-state index is 12.5. The number of ether oxygens (including phenoxy) is 1. The summed E-state index contributed by atoms with van der Waals surface area (Å²) in [6.45, 7) is 2.08. The van der Waals surface area contributed by atoms with Crippen LogP contribution < -0.4 is 4.74 Å². The summed E-state index contributed by atoms with van der Waals surface area (Å²) in [6, 6.07) is 6.27. The molecule has 7 nitrogen and oxygen atoms in total. The SMILES string of the molecule is COc1ccc(S(=O)(=O)C2CN(C(=O)c3snnc3C)C2)cc1. The maximum Gasteiger partial charge on any atom is 0.267 e. The molecule has 0 radical (unpaired) electrons. The third kappa shape index (κ3) is 2.81. The first-order valence-electron chi connectivity index (χ1n) is 6.89. The summed E-state index contributed by atoms with van der Waals surface area (Å²) in [5.41, 5.74) is 0.571. The second-order valence-electron chi connectivity index (χ2n) is 5.24. The van der Waals surface area contributed by atoms with Crippen molar-refractivity contribution in [2.45, 2.75) is 17.1 Å². The monoisotopic (exact) mass is 353 g/mol. The van der Waals surface area contributed by atoms with E-state index in [9.17, 15) is 13.2 Å². The number of methoxy groups -OCH3 is 1. The van der Waals surface area contributed by atoms with Gasteiger partial charge in [-0.3, -0.25) is 4.79 Å². The minimum atomic E-state index is -3.45. The van der Waals surface area contributed by atoms with Gasteiger partial charge in [0.1, 0.15) is 15.9 Å². The van der Waals surface area contributed by atoms with E-state index in [1.807, 2.05) is 0 Å². The molecular weight excluding hydrogens is 338 g/mol. The summed E-state index contributed by atoms with van der Waals surface area (Å²) in [7, 11) is -1.93. The molecule has 0 unspecified atom stereocenters. The maximum atomic E-state index is 12.5. The van der Waals surface area contributed by atoms with E-state index in [-0.39, 0.29) is 23.9 Å². The molecule has 1 aliphatic rings. The molecule has 0 spiro atoms. The average molecular weight is 353 g/mol. The van der Waals surface area contributed by atoms with Crippen LogP contribution in [0, 0.1) is 6.92 Å². The Morgan fingerprint density at radius 2 is 1.96 bits per heavy atom. The number of aromatic nitrogens is 2. The number of aryl methyl sites for hydroxylation is 1. The van der Waals surface area contributed by atoms with Crippen LogP contribution in [0.5, 0.6) is 5.75 Å². The largest absolute Gasteiger partial charge is 0.497 e. The number of carbonyl (C=O) groups excluding carboxylic acids is 1. The minimum absolute atomic E-state index is 0.185. The van der Waals surface area contributed by atoms with Gasteiger partial charge in [-0.05, 0) is 42.7 Å². The number of benzene rings is 1. The lowest BCUT2D eigenvalue weighted by atomic mass is 10.2. The molecule has 1 aromatic carbocycles. The lowest BCUT2D eigenvalue weighted by Crippen LogP contribution is -2.56. The first-order valence-corrected chi connectivity index (χ1v) is 9.21. The summed E-state index contributed by atoms with van der Waals surface area (Å²) < 4.78 is 33.8. The molecule has 23 heavy (non-hydrogen) atoms. The van der Waals surface area contributed by atoms with Gasteiger partial charge in [-0.2, -0.15) is 0 Å². The highest BCUT2D eigenvalue weighted by atomic mass is 32.2. The van der Waals surface area contributed by atoms with E-state index in [4.69, 9.17) is 4.74 Å². The lowest BCUT2D eigenvalue weighted by molar-refractivity contribution is 0.0663. The van der Waals surface area contributed by atoms with Gasteiger partial charge in [0.25, 0.3) is 5.91 Å². The Bertz CT molecular complexity index is 824. The minimum Gasteiger partial charge on any atom is -0.497 e. The van der Waals surface area contributed by atoms with Gasteiger partial charge in [0, 0.05) is 13.1 Å². The molecular formula is C14H15N3O4S2. The summed E-state index contributed by atoms with van der Waals surface area (Å²) in [5, 5.41) is 3.22. The lowest BCUT2D eigenvalue weighted by Gasteiger charge is -2.38. The van der Waals surface area contributed by atoms with E-state index >= 15 is 0 Å². The first kappa shape index (κ1) is 15.9. The van der Waals surface area contributed by atoms with Crippen molar-refractivity contribution in [1.82, 2.24) is 14.5 Å². The van der Waals surface area contributed by atoms with Crippen LogP contribution in [0.1, 0.15) is 15.4 Å². The Balaban J connectivity index is 1.70. The molecule has 2 heterocycles. The normalized spacial score (nSPS) is 15.3. The molecule has 1 aromatic heterocycles. The first-order chi connectivity index (χ1) is 10.9. The average Bonchev–Trinajstić information content (AvgIpc) is 2.91. The van der Waals surface area contributed by atoms with Crippen LogP contribution in [0.15, 0.2) is 29.2 Å². The van der Waals surface area contributed by atoms with E-state index in [0.717, 1.165) is 11.5 Å². The summed E-state index contributed by atoms with van der Waals surface area (Å²) in [5.74, 6) is 0.390. The number of hydrogen-bond acceptors (Lipinski definition) is 7. The molecule has 0 aliphatic carbocycles. The van der Waals surface area contributed by atoms with Gasteiger partial charge in [-0.25, -0.2) is 8.42 Å². The Kier molecular flexibility index (Phi) is 4.07. The number of sulfone groups is 1. The van der Waals surface area contributed by atoms with E-state index in [1.54, 1.807) is 19.1 Å². The van der Waals surface area contributed by atoms with E-state index < -0.39 is 15.1 Å². The summed E-state index contributed by atoms with van der Waals surface area (Å²) in [4.78, 5) is 14.5. The molecule has 0 bridgehead atoms. The van der Waals surface area contributed by atoms with Crippen molar-refractivity contribution in [1.29, 1.82) is 0 Å². The molecule has 1 amide bonds. The highest BCUT2D eigenvalue weighted by Crippen LogP contribution is 2.27. The van der Waals surface area contributed by atoms with Gasteiger partial charge < -0.3 is 9.64 Å². The Labute approximate surface area is 138 Å². The number of carbonyl (C=O) groups is 1. The fourth-order valence-corrected chi connectivity index (χ4v) is 4.61. The topological polar surface area (TPSA) is 89.5 Å². The van der Waals surface area contributed by atoms with Crippen molar-refractivity contribution in [2.24, 2.45) is 0 Å². The molecule has 3 rings (SSSR count). The number of amides is 1. The van der Waals surface area contributed by atoms with Crippen LogP contribution in [0.25, 0.3) is 0 Å². The molecule has 1 saturated heterocycles. The molecule has 0 atom stereocenters. The van der Waals surface area contributed by atoms with E-state index in [2.05, 4.69) is 9.59 Å². The number of nitrogens with zero attached hydrogens (tertiary/aromatic N) is 3. The number of hydrogen-bond donors (Lipinski definition) is 0. The fourth-order valence-electron chi connectivity index (χ4n) is 2.33. The van der Waals surface area contributed by atoms with Crippen molar-refractivity contribution in [2.75, 3.05) is 20.2 Å². The van der Waals surface area contributed by atoms with E-state index in [1.165, 1.54) is 24.1 Å². The van der Waals surface area contributed by atoms with Gasteiger partial charge in [0.2, 0.25) is 0 Å². The zero-order valence-electron chi connectivity index (χ0n) is 12.6. The predicted octanol–water partition coefficient (Wildman–Crippen LogP) is 1.15. The quantitative estimate of drug-likeness (QED) is 0.819. The Hall–Kier alpha value is -2.00. The van der Waals surface area contributed by atoms with Gasteiger partial charge in [-0.15, -0.1) is 5.10 Å². The van der Waals surface area contributed by atoms with Crippen molar-refractivity contribution in [3.05, 3.63) is 34.8 Å². The highest BCUT2D eigenvalue weighted by Gasteiger charge is 2.41. The Morgan fingerprint density at radius 3 is 2.48 bits per heavy atom. The van der Waals surface area contributed by atoms with Crippen molar-refractivity contribution >= 4 is 27.3 Å². The van der Waals surface area contributed by atoms with Gasteiger partial charge in [0.15, 0.2) is 9.84 Å². The molecule has 2 aromatic rings. The summed E-state index contributed by atoms with van der Waals surface area (Å²) >= 11 is 1.03. The number of rotatable bonds is 4. The second-order valence-corrected chi connectivity index (χ2v) is 8.22. The van der Waals surface area contributed by atoms with Crippen LogP contribution in [-0.4, -0.2) is 54.3 Å². The molecule has 122 valence electrons. The van der Waals surface area contributed by atoms with Crippen molar-refractivity contribution < 1.29 is 17.9 Å². The van der Waals surface area contributed by atoms with Crippen LogP contribution >= 0.6 is 11.5 Å². The highest BCUT2D eigenvalue weighted by molar-refractivity contribution is 7.92. The number of likely N-dealkylation sites (tertiary alicyclic amines) is 1. The van der Waals surface area contributed by atoms with E-state index in [0.29, 0.717) is 16.3 Å². The van der Waals surface area contributed by atoms with Crippen molar-refractivity contribution in [3.63, 3.8) is 0 Å². The van der Waals surface area contributed by atoms with Gasteiger partial charge in [-0.1, -0.05) is 4.49 Å². The fraction of sp³-hybridized carbons (Fsp3) is 0.357. The van der Waals surface area contributed by atoms with Crippen LogP contribution in [0.2, 0.25) is 0 Å². The molecule has 1 fully saturated rings. The standard InChI is InChI=1S/C14H15N3O4S2/c1-9-13(22-16-15-9)14(18)17-7-12(8-17)23(19,20)11-5-3-10(21-2)4-6-11/h3-6,12H,7-8H2,1-2H3. The zero-order valence-corrected chi connectivity index (χ0v) is 14.2. The van der Waals surface area contributed by atoms with Crippen LogP contribution in [0.3, 0.4) is 0 Å². The third-order valence-corrected chi connectivity index (χ3v) is 6.73. The van der Waals surface area contributed by atoms with Gasteiger partial charge in [0.05, 0.1) is 17.7 Å². The van der Waals surface area contributed by atoms with Crippen LogP contribution in [-0.2, 0) is 9.84 Å². The second kappa shape index (κ2) is 5.89. The third-order valence-electron chi connectivity index (χ3n) is 3.81. The molecule has 1 aliphatic heterocycles. The van der Waals surface area contributed by atoms with Crippen molar-refractivity contribution in [3.8, 4) is 5.75 Å². The molecule has 0 saturated carbocycles.